The quantitative estimate of drug-likeness (QED) is 0.486. The maximum Gasteiger partial charge on any atom is -0.0166 e. The van der Waals surface area contributed by atoms with E-state index in [4.69, 9.17) is 0 Å². The summed E-state index contributed by atoms with van der Waals surface area (Å²) in [5, 5.41) is 0. The van der Waals surface area contributed by atoms with Gasteiger partial charge in [-0.15, -0.1) is 0 Å². The Balaban J connectivity index is 3.15. The molecule has 0 aromatic heterocycles. The number of allylic oxidation sites excluding steroid dienone is 5. The minimum atomic E-state index is 0.954. The molecule has 0 fully saturated rings. The minimum Gasteiger partial charge on any atom is -0.0991 e. The van der Waals surface area contributed by atoms with Crippen molar-refractivity contribution in [3.05, 3.63) is 43.9 Å². The van der Waals surface area contributed by atoms with Crippen LogP contribution in [0.1, 0.15) is 6.42 Å². The van der Waals surface area contributed by atoms with Gasteiger partial charge in [0.15, 0.2) is 0 Å². The third-order valence-electron chi connectivity index (χ3n) is 0.711. The van der Waals surface area contributed by atoms with Crippen molar-refractivity contribution >= 4 is 0 Å². The second kappa shape index (κ2) is 6.22. The lowest BCUT2D eigenvalue weighted by Crippen LogP contribution is -1.53. The van der Waals surface area contributed by atoms with Gasteiger partial charge in [-0.1, -0.05) is 37.0 Å². The molecule has 0 saturated carbocycles. The van der Waals surface area contributed by atoms with E-state index in [9.17, 15) is 0 Å². The number of rotatable bonds is 3. The molecular formula is C8H11. The molecule has 1 radical (unpaired) electrons. The lowest BCUT2D eigenvalue weighted by atomic mass is 10.3. The highest BCUT2D eigenvalue weighted by Crippen LogP contribution is 1.84. The molecule has 0 heteroatoms. The molecule has 0 nitrogen and oxygen atoms in total. The van der Waals surface area contributed by atoms with E-state index in [0.29, 0.717) is 0 Å². The average Bonchev–Trinajstić information content (AvgIpc) is 1.81. The van der Waals surface area contributed by atoms with E-state index >= 15 is 0 Å². The molecule has 0 aromatic rings. The maximum absolute atomic E-state index is 3.54. The Bertz CT molecular complexity index is 96.6. The molecule has 0 aliphatic heterocycles. The zero-order valence-corrected chi connectivity index (χ0v) is 5.01. The van der Waals surface area contributed by atoms with Crippen molar-refractivity contribution < 1.29 is 0 Å². The normalized spacial score (nSPS) is 11.1. The molecule has 0 amide bonds. The zero-order chi connectivity index (χ0) is 6.24. The smallest absolute Gasteiger partial charge is 0.0166 e. The van der Waals surface area contributed by atoms with Gasteiger partial charge in [-0.3, -0.25) is 0 Å². The van der Waals surface area contributed by atoms with E-state index in [-0.39, 0.29) is 0 Å². The zero-order valence-electron chi connectivity index (χ0n) is 5.01. The molecule has 43 valence electrons. The summed E-state index contributed by atoms with van der Waals surface area (Å²) in [7, 11) is 0. The second-order valence-corrected chi connectivity index (χ2v) is 1.37. The van der Waals surface area contributed by atoms with Crippen LogP contribution in [0, 0.1) is 6.92 Å². The van der Waals surface area contributed by atoms with Crippen molar-refractivity contribution in [2.75, 3.05) is 0 Å². The molecule has 0 bridgehead atoms. The highest BCUT2D eigenvalue weighted by Gasteiger charge is 1.63. The predicted octanol–water partition coefficient (Wildman–Crippen LogP) is 2.51. The number of hydrogen-bond donors (Lipinski definition) is 0. The van der Waals surface area contributed by atoms with Crippen LogP contribution >= 0.6 is 0 Å². The Morgan fingerprint density at radius 3 is 2.50 bits per heavy atom. The highest BCUT2D eigenvalue weighted by atomic mass is 13.7. The van der Waals surface area contributed by atoms with Gasteiger partial charge in [-0.05, 0) is 13.3 Å². The van der Waals surface area contributed by atoms with Crippen LogP contribution in [-0.4, -0.2) is 0 Å². The monoisotopic (exact) mass is 107 g/mol. The first-order valence-electron chi connectivity index (χ1n) is 2.63. The van der Waals surface area contributed by atoms with Crippen LogP contribution in [0.4, 0.5) is 0 Å². The summed E-state index contributed by atoms with van der Waals surface area (Å²) in [5.74, 6) is 0. The molecule has 0 N–H and O–H groups in total. The van der Waals surface area contributed by atoms with Crippen molar-refractivity contribution in [3.8, 4) is 0 Å². The van der Waals surface area contributed by atoms with E-state index in [2.05, 4.69) is 13.5 Å². The van der Waals surface area contributed by atoms with Crippen LogP contribution in [0.5, 0.6) is 0 Å². The Labute approximate surface area is 51.2 Å². The van der Waals surface area contributed by atoms with Crippen LogP contribution in [0.3, 0.4) is 0 Å². The van der Waals surface area contributed by atoms with Crippen LogP contribution in [0.2, 0.25) is 0 Å². The van der Waals surface area contributed by atoms with Crippen LogP contribution in [-0.2, 0) is 0 Å². The van der Waals surface area contributed by atoms with Gasteiger partial charge in [-0.25, -0.2) is 0 Å². The van der Waals surface area contributed by atoms with Crippen LogP contribution in [0.15, 0.2) is 37.0 Å². The van der Waals surface area contributed by atoms with E-state index in [1.807, 2.05) is 18.2 Å². The Morgan fingerprint density at radius 1 is 1.25 bits per heavy atom. The fourth-order valence-corrected chi connectivity index (χ4v) is 0.350. The summed E-state index contributed by atoms with van der Waals surface area (Å²) >= 11 is 0. The van der Waals surface area contributed by atoms with Gasteiger partial charge in [-0.2, -0.15) is 0 Å². The fraction of sp³-hybridized carbons (Fsp3) is 0.125. The highest BCUT2D eigenvalue weighted by molar-refractivity contribution is 5.01. The van der Waals surface area contributed by atoms with Gasteiger partial charge in [0.25, 0.3) is 0 Å². The van der Waals surface area contributed by atoms with Crippen LogP contribution in [0.25, 0.3) is 0 Å². The van der Waals surface area contributed by atoms with Crippen molar-refractivity contribution in [1.29, 1.82) is 0 Å². The first-order valence-corrected chi connectivity index (χ1v) is 2.63. The molecule has 0 heterocycles. The average molecular weight is 107 g/mol. The molecule has 0 aliphatic carbocycles. The van der Waals surface area contributed by atoms with E-state index in [0.717, 1.165) is 6.42 Å². The summed E-state index contributed by atoms with van der Waals surface area (Å²) in [6.07, 6.45) is 10.4. The molecule has 0 saturated heterocycles. The van der Waals surface area contributed by atoms with E-state index in [1.54, 1.807) is 12.2 Å². The topological polar surface area (TPSA) is 0 Å². The molecule has 0 unspecified atom stereocenters. The molecule has 0 atom stereocenters. The van der Waals surface area contributed by atoms with Crippen molar-refractivity contribution in [2.24, 2.45) is 0 Å². The SMILES string of the molecule is [CH2]/C=C/C/C=C/C=C. The summed E-state index contributed by atoms with van der Waals surface area (Å²) in [5.41, 5.74) is 0. The van der Waals surface area contributed by atoms with E-state index < -0.39 is 0 Å². The lowest BCUT2D eigenvalue weighted by molar-refractivity contribution is 1.39. The van der Waals surface area contributed by atoms with Gasteiger partial charge in [0.1, 0.15) is 0 Å². The molecule has 0 rings (SSSR count). The maximum atomic E-state index is 3.54. The third kappa shape index (κ3) is 5.22. The summed E-state index contributed by atoms with van der Waals surface area (Å²) < 4.78 is 0. The van der Waals surface area contributed by atoms with Crippen molar-refractivity contribution in [2.45, 2.75) is 6.42 Å². The molecule has 8 heavy (non-hydrogen) atoms. The number of hydrogen-bond acceptors (Lipinski definition) is 0. The van der Waals surface area contributed by atoms with Gasteiger partial charge in [0.2, 0.25) is 0 Å². The largest absolute Gasteiger partial charge is 0.0991 e. The summed E-state index contributed by atoms with van der Waals surface area (Å²) in [6, 6.07) is 0. The van der Waals surface area contributed by atoms with Gasteiger partial charge in [0.05, 0.1) is 0 Å². The molecule has 0 aromatic carbocycles. The first kappa shape index (κ1) is 7.22. The van der Waals surface area contributed by atoms with Gasteiger partial charge < -0.3 is 0 Å². The van der Waals surface area contributed by atoms with Crippen LogP contribution < -0.4 is 0 Å². The first-order chi connectivity index (χ1) is 3.91. The van der Waals surface area contributed by atoms with Gasteiger partial charge in [0, 0.05) is 0 Å². The summed E-state index contributed by atoms with van der Waals surface area (Å²) in [6.45, 7) is 7.07. The van der Waals surface area contributed by atoms with Gasteiger partial charge >= 0.3 is 0 Å². The summed E-state index contributed by atoms with van der Waals surface area (Å²) in [4.78, 5) is 0. The standard InChI is InChI=1S/C8H11/c1-3-5-7-8-6-4-2/h3-7H,1-2,8H2/b6-4+,7-5+. The Kier molecular flexibility index (Phi) is 5.61. The van der Waals surface area contributed by atoms with Crippen molar-refractivity contribution in [3.63, 3.8) is 0 Å². The minimum absolute atomic E-state index is 0.954. The van der Waals surface area contributed by atoms with Crippen molar-refractivity contribution in [1.82, 2.24) is 0 Å². The van der Waals surface area contributed by atoms with E-state index in [1.165, 1.54) is 0 Å². The molecule has 0 aliphatic rings. The molecule has 0 spiro atoms. The third-order valence-corrected chi connectivity index (χ3v) is 0.711. The molecular weight excluding hydrogens is 96.1 g/mol. The fourth-order valence-electron chi connectivity index (χ4n) is 0.350. The second-order valence-electron chi connectivity index (χ2n) is 1.37. The lowest BCUT2D eigenvalue weighted by Gasteiger charge is -1.74. The predicted molar refractivity (Wildman–Crippen MR) is 38.5 cm³/mol. The Morgan fingerprint density at radius 2 is 2.00 bits per heavy atom. The Hall–Kier alpha value is -0.780.